The van der Waals surface area contributed by atoms with E-state index in [1.54, 1.807) is 37.5 Å². The first-order valence-corrected chi connectivity index (χ1v) is 7.25. The third-order valence-electron chi connectivity index (χ3n) is 3.03. The van der Waals surface area contributed by atoms with Gasteiger partial charge in [0.15, 0.2) is 0 Å². The maximum Gasteiger partial charge on any atom is 0.242 e. The van der Waals surface area contributed by atoms with E-state index < -0.39 is 6.04 Å². The number of hydrogen-bond donors (Lipinski definition) is 2. The van der Waals surface area contributed by atoms with Gasteiger partial charge in [0, 0.05) is 5.02 Å². The summed E-state index contributed by atoms with van der Waals surface area (Å²) in [6.07, 6.45) is 1.57. The van der Waals surface area contributed by atoms with Crippen LogP contribution in [0.4, 0.5) is 5.69 Å². The van der Waals surface area contributed by atoms with Gasteiger partial charge in [-0.1, -0.05) is 23.2 Å². The molecule has 2 N–H and O–H groups in total. The highest BCUT2D eigenvalue weighted by atomic mass is 35.5. The highest BCUT2D eigenvalue weighted by Gasteiger charge is 2.15. The summed E-state index contributed by atoms with van der Waals surface area (Å²) in [4.78, 5) is 12.0. The molecule has 6 heteroatoms. The molecule has 2 rings (SSSR count). The van der Waals surface area contributed by atoms with Gasteiger partial charge in [-0.3, -0.25) is 4.79 Å². The van der Waals surface area contributed by atoms with E-state index in [9.17, 15) is 4.79 Å². The van der Waals surface area contributed by atoms with Crippen LogP contribution in [0.15, 0.2) is 34.9 Å². The van der Waals surface area contributed by atoms with E-state index in [0.717, 1.165) is 5.56 Å². The van der Waals surface area contributed by atoms with E-state index in [1.165, 1.54) is 0 Å². The number of amides is 1. The van der Waals surface area contributed by atoms with Gasteiger partial charge in [-0.25, -0.2) is 0 Å². The van der Waals surface area contributed by atoms with Crippen LogP contribution in [-0.2, 0) is 11.3 Å². The number of carbonyl (C=O) groups is 1. The van der Waals surface area contributed by atoms with Gasteiger partial charge in [0.1, 0.15) is 11.8 Å². The number of aryl methyl sites for hydroxylation is 1. The summed E-state index contributed by atoms with van der Waals surface area (Å²) in [5, 5.41) is 6.96. The topological polar surface area (TPSA) is 54.3 Å². The second-order valence-corrected chi connectivity index (χ2v) is 5.56. The van der Waals surface area contributed by atoms with Crippen molar-refractivity contribution in [2.24, 2.45) is 0 Å². The number of carbonyl (C=O) groups excluding carboxylic acids is 1. The second kappa shape index (κ2) is 6.87. The molecule has 0 aliphatic heterocycles. The first kappa shape index (κ1) is 15.7. The normalized spacial score (nSPS) is 12.0. The monoisotopic (exact) mass is 326 g/mol. The molecule has 0 spiro atoms. The summed E-state index contributed by atoms with van der Waals surface area (Å²) in [6.45, 7) is 3.97. The summed E-state index contributed by atoms with van der Waals surface area (Å²) >= 11 is 12.2. The van der Waals surface area contributed by atoms with Crippen molar-refractivity contribution < 1.29 is 9.21 Å². The van der Waals surface area contributed by atoms with Crippen molar-refractivity contribution in [1.29, 1.82) is 0 Å². The number of furan rings is 1. The molecule has 112 valence electrons. The fourth-order valence-electron chi connectivity index (χ4n) is 1.80. The van der Waals surface area contributed by atoms with Crippen molar-refractivity contribution in [2.75, 3.05) is 5.32 Å². The molecule has 1 atom stereocenters. The number of anilines is 1. The molecule has 1 unspecified atom stereocenters. The minimum atomic E-state index is -0.448. The molecule has 1 amide bonds. The molecule has 0 radical (unpaired) electrons. The van der Waals surface area contributed by atoms with E-state index >= 15 is 0 Å². The van der Waals surface area contributed by atoms with Crippen molar-refractivity contribution in [2.45, 2.75) is 26.4 Å². The Kier molecular flexibility index (Phi) is 5.15. The predicted octanol–water partition coefficient (Wildman–Crippen LogP) is 4.01. The second-order valence-electron chi connectivity index (χ2n) is 4.74. The van der Waals surface area contributed by atoms with Crippen LogP contribution in [-0.4, -0.2) is 11.9 Å². The van der Waals surface area contributed by atoms with Gasteiger partial charge in [-0.05, 0) is 43.7 Å². The van der Waals surface area contributed by atoms with Crippen LogP contribution in [0.3, 0.4) is 0 Å². The lowest BCUT2D eigenvalue weighted by atomic mass is 10.2. The first-order chi connectivity index (χ1) is 9.97. The molecule has 0 fully saturated rings. The lowest BCUT2D eigenvalue weighted by molar-refractivity contribution is -0.121. The summed E-state index contributed by atoms with van der Waals surface area (Å²) in [5.41, 5.74) is 1.52. The Labute approximate surface area is 133 Å². The smallest absolute Gasteiger partial charge is 0.242 e. The average molecular weight is 327 g/mol. The largest absolute Gasteiger partial charge is 0.467 e. The number of benzene rings is 1. The Balaban J connectivity index is 1.95. The molecular weight excluding hydrogens is 311 g/mol. The zero-order valence-corrected chi connectivity index (χ0v) is 13.3. The molecular formula is C15H16Cl2N2O2. The highest BCUT2D eigenvalue weighted by Crippen LogP contribution is 2.29. The Morgan fingerprint density at radius 2 is 2.10 bits per heavy atom. The van der Waals surface area contributed by atoms with Crippen LogP contribution >= 0.6 is 23.2 Å². The van der Waals surface area contributed by atoms with Crippen molar-refractivity contribution >= 4 is 34.8 Å². The van der Waals surface area contributed by atoms with Crippen LogP contribution in [0, 0.1) is 6.92 Å². The fourth-order valence-corrected chi connectivity index (χ4v) is 2.23. The van der Waals surface area contributed by atoms with Crippen molar-refractivity contribution in [3.8, 4) is 0 Å². The minimum absolute atomic E-state index is 0.154. The highest BCUT2D eigenvalue weighted by molar-refractivity contribution is 6.35. The van der Waals surface area contributed by atoms with Crippen LogP contribution in [0.2, 0.25) is 10.0 Å². The Morgan fingerprint density at radius 1 is 1.33 bits per heavy atom. The van der Waals surface area contributed by atoms with E-state index in [-0.39, 0.29) is 5.91 Å². The molecule has 0 saturated carbocycles. The van der Waals surface area contributed by atoms with Gasteiger partial charge >= 0.3 is 0 Å². The third-order valence-corrected chi connectivity index (χ3v) is 3.75. The molecule has 1 aromatic heterocycles. The predicted molar refractivity (Wildman–Crippen MR) is 84.8 cm³/mol. The van der Waals surface area contributed by atoms with Gasteiger partial charge in [0.2, 0.25) is 5.91 Å². The molecule has 0 aliphatic rings. The molecule has 0 aliphatic carbocycles. The number of halogens is 2. The lowest BCUT2D eigenvalue weighted by Gasteiger charge is -2.16. The van der Waals surface area contributed by atoms with Gasteiger partial charge in [-0.2, -0.15) is 0 Å². The first-order valence-electron chi connectivity index (χ1n) is 6.49. The standard InChI is InChI=1S/C15H16Cl2N2O2/c1-9-6-13(17)14(7-12(9)16)19-10(2)15(20)18-8-11-4-3-5-21-11/h3-7,10,19H,8H2,1-2H3,(H,18,20). The van der Waals surface area contributed by atoms with Gasteiger partial charge in [-0.15, -0.1) is 0 Å². The summed E-state index contributed by atoms with van der Waals surface area (Å²) in [5.74, 6) is 0.547. The van der Waals surface area contributed by atoms with E-state index in [0.29, 0.717) is 28.0 Å². The van der Waals surface area contributed by atoms with E-state index in [4.69, 9.17) is 27.6 Å². The lowest BCUT2D eigenvalue weighted by Crippen LogP contribution is -2.37. The molecule has 21 heavy (non-hydrogen) atoms. The maximum absolute atomic E-state index is 12.0. The molecule has 4 nitrogen and oxygen atoms in total. The quantitative estimate of drug-likeness (QED) is 0.872. The van der Waals surface area contributed by atoms with E-state index in [1.807, 2.05) is 6.92 Å². The van der Waals surface area contributed by atoms with Crippen LogP contribution < -0.4 is 10.6 Å². The molecule has 0 saturated heterocycles. The van der Waals surface area contributed by atoms with Crippen molar-refractivity contribution in [3.05, 3.63) is 51.9 Å². The van der Waals surface area contributed by atoms with Crippen molar-refractivity contribution in [3.63, 3.8) is 0 Å². The maximum atomic E-state index is 12.0. The van der Waals surface area contributed by atoms with Crippen LogP contribution in [0.25, 0.3) is 0 Å². The third kappa shape index (κ3) is 4.16. The summed E-state index contributed by atoms with van der Waals surface area (Å²) in [6, 6.07) is 6.61. The molecule has 1 aromatic carbocycles. The van der Waals surface area contributed by atoms with Crippen molar-refractivity contribution in [1.82, 2.24) is 5.32 Å². The Bertz CT molecular complexity index is 627. The SMILES string of the molecule is Cc1cc(Cl)c(NC(C)C(=O)NCc2ccco2)cc1Cl. The fraction of sp³-hybridized carbons (Fsp3) is 0.267. The average Bonchev–Trinajstić information content (AvgIpc) is 2.95. The van der Waals surface area contributed by atoms with Crippen LogP contribution in [0.5, 0.6) is 0 Å². The van der Waals surface area contributed by atoms with Crippen LogP contribution in [0.1, 0.15) is 18.2 Å². The number of hydrogen-bond acceptors (Lipinski definition) is 3. The van der Waals surface area contributed by atoms with Gasteiger partial charge in [0.05, 0.1) is 23.5 Å². The minimum Gasteiger partial charge on any atom is -0.467 e. The summed E-state index contributed by atoms with van der Waals surface area (Å²) < 4.78 is 5.16. The van der Waals surface area contributed by atoms with E-state index in [2.05, 4.69) is 10.6 Å². The molecule has 0 bridgehead atoms. The summed E-state index contributed by atoms with van der Waals surface area (Å²) in [7, 11) is 0. The number of rotatable bonds is 5. The Morgan fingerprint density at radius 3 is 2.76 bits per heavy atom. The van der Waals surface area contributed by atoms with Gasteiger partial charge in [0.25, 0.3) is 0 Å². The van der Waals surface area contributed by atoms with Gasteiger partial charge < -0.3 is 15.1 Å². The number of nitrogens with one attached hydrogen (secondary N) is 2. The Hall–Kier alpha value is -1.65. The zero-order valence-electron chi connectivity index (χ0n) is 11.7. The molecule has 2 aromatic rings. The molecule has 1 heterocycles. The zero-order chi connectivity index (χ0) is 15.4.